The number of aromatic nitrogens is 5. The lowest BCUT2D eigenvalue weighted by Gasteiger charge is -2.07. The highest BCUT2D eigenvalue weighted by Crippen LogP contribution is 2.17. The Morgan fingerprint density at radius 2 is 2.32 bits per heavy atom. The number of amides is 1. The van der Waals surface area contributed by atoms with Crippen LogP contribution in [0.4, 0.5) is 0 Å². The SMILES string of the molecule is C=CCNC(=O)CSc1nnc(Cn2ccc(C)n2)n1CC. The highest BCUT2D eigenvalue weighted by atomic mass is 32.2. The molecule has 0 aliphatic heterocycles. The van der Waals surface area contributed by atoms with Crippen LogP contribution < -0.4 is 5.32 Å². The number of nitrogens with zero attached hydrogens (tertiary/aromatic N) is 5. The minimum atomic E-state index is -0.0418. The first-order valence-electron chi connectivity index (χ1n) is 7.06. The number of carbonyl (C=O) groups is 1. The van der Waals surface area contributed by atoms with E-state index in [1.54, 1.807) is 6.08 Å². The molecular weight excluding hydrogens is 300 g/mol. The van der Waals surface area contributed by atoms with Gasteiger partial charge in [0.25, 0.3) is 0 Å². The van der Waals surface area contributed by atoms with Gasteiger partial charge in [0.2, 0.25) is 5.91 Å². The molecule has 118 valence electrons. The number of rotatable bonds is 8. The molecule has 0 saturated carbocycles. The smallest absolute Gasteiger partial charge is 0.230 e. The minimum absolute atomic E-state index is 0.0418. The van der Waals surface area contributed by atoms with E-state index < -0.39 is 0 Å². The van der Waals surface area contributed by atoms with E-state index >= 15 is 0 Å². The van der Waals surface area contributed by atoms with Crippen molar-refractivity contribution in [3.63, 3.8) is 0 Å². The first-order chi connectivity index (χ1) is 10.6. The normalized spacial score (nSPS) is 10.6. The van der Waals surface area contributed by atoms with Crippen LogP contribution in [0.2, 0.25) is 0 Å². The molecule has 0 saturated heterocycles. The van der Waals surface area contributed by atoms with Gasteiger partial charge in [-0.1, -0.05) is 17.8 Å². The molecule has 1 amide bonds. The lowest BCUT2D eigenvalue weighted by Crippen LogP contribution is -2.25. The molecule has 2 aromatic rings. The Kier molecular flexibility index (Phi) is 5.76. The van der Waals surface area contributed by atoms with E-state index in [0.29, 0.717) is 18.8 Å². The topological polar surface area (TPSA) is 77.6 Å². The molecule has 7 nitrogen and oxygen atoms in total. The zero-order chi connectivity index (χ0) is 15.9. The second kappa shape index (κ2) is 7.79. The summed E-state index contributed by atoms with van der Waals surface area (Å²) in [7, 11) is 0. The molecule has 0 aliphatic carbocycles. The van der Waals surface area contributed by atoms with Crippen LogP contribution in [-0.4, -0.2) is 42.7 Å². The quantitative estimate of drug-likeness (QED) is 0.585. The molecule has 2 rings (SSSR count). The number of nitrogens with one attached hydrogen (secondary N) is 1. The largest absolute Gasteiger partial charge is 0.352 e. The standard InChI is InChI=1S/C14H20N6OS/c1-4-7-15-13(21)10-22-14-17-16-12(20(14)5-2)9-19-8-6-11(3)18-19/h4,6,8H,1,5,7,9-10H2,2-3H3,(H,15,21). The van der Waals surface area contributed by atoms with Crippen LogP contribution >= 0.6 is 11.8 Å². The summed E-state index contributed by atoms with van der Waals surface area (Å²) < 4.78 is 3.83. The molecule has 0 fully saturated rings. The minimum Gasteiger partial charge on any atom is -0.352 e. The molecule has 22 heavy (non-hydrogen) atoms. The van der Waals surface area contributed by atoms with Gasteiger partial charge in [0.05, 0.1) is 11.4 Å². The Morgan fingerprint density at radius 1 is 1.50 bits per heavy atom. The first-order valence-corrected chi connectivity index (χ1v) is 8.05. The summed E-state index contributed by atoms with van der Waals surface area (Å²) in [6, 6.07) is 1.95. The summed E-state index contributed by atoms with van der Waals surface area (Å²) in [6.45, 7) is 9.34. The van der Waals surface area contributed by atoms with Gasteiger partial charge in [0.15, 0.2) is 11.0 Å². The summed E-state index contributed by atoms with van der Waals surface area (Å²) in [6.07, 6.45) is 3.57. The van der Waals surface area contributed by atoms with Crippen LogP contribution in [0.15, 0.2) is 30.1 Å². The number of aryl methyl sites for hydroxylation is 1. The third-order valence-electron chi connectivity index (χ3n) is 2.96. The monoisotopic (exact) mass is 320 g/mol. The summed E-state index contributed by atoms with van der Waals surface area (Å²) >= 11 is 1.38. The Balaban J connectivity index is 2.00. The maximum Gasteiger partial charge on any atom is 0.230 e. The van der Waals surface area contributed by atoms with Crippen molar-refractivity contribution in [3.05, 3.63) is 36.4 Å². The van der Waals surface area contributed by atoms with Crippen molar-refractivity contribution in [1.82, 2.24) is 29.9 Å². The van der Waals surface area contributed by atoms with E-state index in [9.17, 15) is 4.79 Å². The Morgan fingerprint density at radius 3 is 2.95 bits per heavy atom. The average Bonchev–Trinajstić information content (AvgIpc) is 3.09. The highest BCUT2D eigenvalue weighted by Gasteiger charge is 2.13. The van der Waals surface area contributed by atoms with Crippen LogP contribution in [0, 0.1) is 6.92 Å². The molecule has 2 aromatic heterocycles. The molecule has 1 N–H and O–H groups in total. The molecule has 0 aromatic carbocycles. The predicted octanol–water partition coefficient (Wildman–Crippen LogP) is 1.25. The average molecular weight is 320 g/mol. The van der Waals surface area contributed by atoms with Crippen LogP contribution in [0.1, 0.15) is 18.4 Å². The van der Waals surface area contributed by atoms with Crippen LogP contribution in [-0.2, 0) is 17.9 Å². The molecular formula is C14H20N6OS. The zero-order valence-electron chi connectivity index (χ0n) is 12.8. The molecule has 0 radical (unpaired) electrons. The second-order valence-electron chi connectivity index (χ2n) is 4.68. The fourth-order valence-corrected chi connectivity index (χ4v) is 2.77. The third kappa shape index (κ3) is 4.20. The van der Waals surface area contributed by atoms with Gasteiger partial charge >= 0.3 is 0 Å². The number of hydrogen-bond donors (Lipinski definition) is 1. The molecule has 0 bridgehead atoms. The molecule has 0 unspecified atom stereocenters. The lowest BCUT2D eigenvalue weighted by atomic mass is 10.5. The van der Waals surface area contributed by atoms with Gasteiger partial charge in [0, 0.05) is 19.3 Å². The predicted molar refractivity (Wildman–Crippen MR) is 85.7 cm³/mol. The maximum atomic E-state index is 11.6. The maximum absolute atomic E-state index is 11.6. The summed E-state index contributed by atoms with van der Waals surface area (Å²) in [4.78, 5) is 11.6. The molecule has 0 atom stereocenters. The van der Waals surface area contributed by atoms with E-state index in [1.807, 2.05) is 35.4 Å². The van der Waals surface area contributed by atoms with Crippen molar-refractivity contribution in [1.29, 1.82) is 0 Å². The Hall–Kier alpha value is -2.09. The summed E-state index contributed by atoms with van der Waals surface area (Å²) in [5.41, 5.74) is 0.969. The lowest BCUT2D eigenvalue weighted by molar-refractivity contribution is -0.118. The van der Waals surface area contributed by atoms with Crippen molar-refractivity contribution in [2.45, 2.75) is 32.1 Å². The van der Waals surface area contributed by atoms with Crippen LogP contribution in [0.25, 0.3) is 0 Å². The van der Waals surface area contributed by atoms with E-state index in [1.165, 1.54) is 11.8 Å². The van der Waals surface area contributed by atoms with Crippen molar-refractivity contribution in [2.75, 3.05) is 12.3 Å². The van der Waals surface area contributed by atoms with Crippen molar-refractivity contribution >= 4 is 17.7 Å². The van der Waals surface area contributed by atoms with Crippen LogP contribution in [0.3, 0.4) is 0 Å². The van der Waals surface area contributed by atoms with E-state index in [2.05, 4.69) is 27.2 Å². The summed E-state index contributed by atoms with van der Waals surface area (Å²) in [5.74, 6) is 1.10. The van der Waals surface area contributed by atoms with Gasteiger partial charge in [0.1, 0.15) is 6.54 Å². The Bertz CT molecular complexity index is 648. The molecule has 0 aliphatic rings. The number of carbonyl (C=O) groups excluding carboxylic acids is 1. The third-order valence-corrected chi connectivity index (χ3v) is 3.93. The first kappa shape index (κ1) is 16.3. The zero-order valence-corrected chi connectivity index (χ0v) is 13.6. The number of thioether (sulfide) groups is 1. The van der Waals surface area contributed by atoms with Gasteiger partial charge < -0.3 is 9.88 Å². The van der Waals surface area contributed by atoms with Crippen LogP contribution in [0.5, 0.6) is 0 Å². The van der Waals surface area contributed by atoms with E-state index in [-0.39, 0.29) is 5.91 Å². The van der Waals surface area contributed by atoms with Crippen molar-refractivity contribution in [2.24, 2.45) is 0 Å². The fourth-order valence-electron chi connectivity index (χ4n) is 1.92. The summed E-state index contributed by atoms with van der Waals surface area (Å²) in [5, 5.41) is 16.2. The van der Waals surface area contributed by atoms with Gasteiger partial charge in [-0.15, -0.1) is 16.8 Å². The fraction of sp³-hybridized carbons (Fsp3) is 0.429. The van der Waals surface area contributed by atoms with Crippen molar-refractivity contribution < 1.29 is 4.79 Å². The van der Waals surface area contributed by atoms with Gasteiger partial charge in [-0.3, -0.25) is 9.48 Å². The van der Waals surface area contributed by atoms with Gasteiger partial charge in [-0.25, -0.2) is 0 Å². The number of hydrogen-bond acceptors (Lipinski definition) is 5. The van der Waals surface area contributed by atoms with Gasteiger partial charge in [-0.2, -0.15) is 5.10 Å². The molecule has 8 heteroatoms. The van der Waals surface area contributed by atoms with Crippen molar-refractivity contribution in [3.8, 4) is 0 Å². The highest BCUT2D eigenvalue weighted by molar-refractivity contribution is 7.99. The van der Waals surface area contributed by atoms with E-state index in [4.69, 9.17) is 0 Å². The van der Waals surface area contributed by atoms with E-state index in [0.717, 1.165) is 23.2 Å². The Labute approximate surface area is 133 Å². The molecule has 2 heterocycles. The molecule has 0 spiro atoms. The second-order valence-corrected chi connectivity index (χ2v) is 5.62. The van der Waals surface area contributed by atoms with Gasteiger partial charge in [-0.05, 0) is 19.9 Å².